The molecular formula is C15H29N5. The molecule has 1 N–H and O–H groups in total. The summed E-state index contributed by atoms with van der Waals surface area (Å²) >= 11 is 0. The van der Waals surface area contributed by atoms with Crippen LogP contribution in [0.3, 0.4) is 0 Å². The molecule has 0 aliphatic carbocycles. The van der Waals surface area contributed by atoms with Crippen molar-refractivity contribution in [3.8, 4) is 0 Å². The smallest absolute Gasteiger partial charge is 0.131 e. The molecule has 2 rings (SSSR count). The van der Waals surface area contributed by atoms with E-state index in [4.69, 9.17) is 0 Å². The second kappa shape index (κ2) is 6.59. The van der Waals surface area contributed by atoms with Gasteiger partial charge in [-0.25, -0.2) is 0 Å². The van der Waals surface area contributed by atoms with E-state index >= 15 is 0 Å². The van der Waals surface area contributed by atoms with E-state index in [9.17, 15) is 0 Å². The Hall–Kier alpha value is -1.07. The molecule has 1 unspecified atom stereocenters. The lowest BCUT2D eigenvalue weighted by Crippen LogP contribution is -2.50. The van der Waals surface area contributed by atoms with Crippen molar-refractivity contribution in [3.63, 3.8) is 0 Å². The van der Waals surface area contributed by atoms with Crippen molar-refractivity contribution in [2.24, 2.45) is 7.05 Å². The molecule has 1 atom stereocenters. The third-order valence-electron chi connectivity index (χ3n) is 4.30. The Balaban J connectivity index is 2.17. The molecule has 114 valence electrons. The molecule has 5 heteroatoms. The summed E-state index contributed by atoms with van der Waals surface area (Å²) in [6, 6.07) is 0.593. The van der Waals surface area contributed by atoms with Gasteiger partial charge in [0.2, 0.25) is 0 Å². The van der Waals surface area contributed by atoms with Crippen LogP contribution in [0.25, 0.3) is 0 Å². The second-order valence-electron chi connectivity index (χ2n) is 5.96. The molecule has 1 aromatic rings. The number of nitrogens with zero attached hydrogens (tertiary/aromatic N) is 4. The Labute approximate surface area is 122 Å². The Morgan fingerprint density at radius 3 is 2.70 bits per heavy atom. The third kappa shape index (κ3) is 3.15. The first-order valence-corrected chi connectivity index (χ1v) is 7.73. The van der Waals surface area contributed by atoms with E-state index in [1.54, 1.807) is 0 Å². The van der Waals surface area contributed by atoms with Gasteiger partial charge in [-0.1, -0.05) is 6.92 Å². The molecule has 1 aliphatic heterocycles. The summed E-state index contributed by atoms with van der Waals surface area (Å²) < 4.78 is 2.05. The predicted molar refractivity (Wildman–Crippen MR) is 84.2 cm³/mol. The SMILES string of the molecule is CCCNCc1c(C)nn(C)c1N1CCN(C)C(C)C1. The molecule has 0 aromatic carbocycles. The summed E-state index contributed by atoms with van der Waals surface area (Å²) in [6.07, 6.45) is 1.17. The minimum atomic E-state index is 0.593. The highest BCUT2D eigenvalue weighted by Crippen LogP contribution is 2.25. The van der Waals surface area contributed by atoms with Crippen molar-refractivity contribution in [2.75, 3.05) is 38.1 Å². The van der Waals surface area contributed by atoms with Gasteiger partial charge in [-0.3, -0.25) is 4.68 Å². The number of rotatable bonds is 5. The minimum absolute atomic E-state index is 0.593. The van der Waals surface area contributed by atoms with Crippen molar-refractivity contribution < 1.29 is 0 Å². The molecule has 0 saturated carbocycles. The summed E-state index contributed by atoms with van der Waals surface area (Å²) in [7, 11) is 4.27. The molecule has 1 saturated heterocycles. The van der Waals surface area contributed by atoms with E-state index in [-0.39, 0.29) is 0 Å². The zero-order valence-corrected chi connectivity index (χ0v) is 13.6. The van der Waals surface area contributed by atoms with E-state index in [0.29, 0.717) is 6.04 Å². The van der Waals surface area contributed by atoms with Crippen molar-refractivity contribution >= 4 is 5.82 Å². The first-order chi connectivity index (χ1) is 9.54. The van der Waals surface area contributed by atoms with Gasteiger partial charge in [0.05, 0.1) is 5.69 Å². The minimum Gasteiger partial charge on any atom is -0.354 e. The van der Waals surface area contributed by atoms with Gasteiger partial charge >= 0.3 is 0 Å². The van der Waals surface area contributed by atoms with Gasteiger partial charge in [-0.2, -0.15) is 5.10 Å². The Kier molecular flexibility index (Phi) is 5.05. The fraction of sp³-hybridized carbons (Fsp3) is 0.800. The average Bonchev–Trinajstić information content (AvgIpc) is 2.68. The zero-order chi connectivity index (χ0) is 14.7. The number of anilines is 1. The molecule has 20 heavy (non-hydrogen) atoms. The molecule has 1 aliphatic rings. The van der Waals surface area contributed by atoms with Crippen molar-refractivity contribution in [1.82, 2.24) is 20.0 Å². The number of nitrogens with one attached hydrogen (secondary N) is 1. The average molecular weight is 279 g/mol. The van der Waals surface area contributed by atoms with Crippen LogP contribution in [-0.4, -0.2) is 53.9 Å². The van der Waals surface area contributed by atoms with Gasteiger partial charge < -0.3 is 15.1 Å². The first kappa shape index (κ1) is 15.3. The fourth-order valence-electron chi connectivity index (χ4n) is 2.92. The molecule has 1 fully saturated rings. The summed E-state index contributed by atoms with van der Waals surface area (Å²) in [6.45, 7) is 11.9. The van der Waals surface area contributed by atoms with Crippen LogP contribution in [0.15, 0.2) is 0 Å². The second-order valence-corrected chi connectivity index (χ2v) is 5.96. The highest BCUT2D eigenvalue weighted by Gasteiger charge is 2.25. The van der Waals surface area contributed by atoms with E-state index in [1.165, 1.54) is 17.8 Å². The van der Waals surface area contributed by atoms with E-state index in [0.717, 1.165) is 38.4 Å². The largest absolute Gasteiger partial charge is 0.354 e. The van der Waals surface area contributed by atoms with Crippen LogP contribution in [0.1, 0.15) is 31.5 Å². The number of aromatic nitrogens is 2. The maximum Gasteiger partial charge on any atom is 0.131 e. The standard InChI is InChI=1S/C15H29N5/c1-6-7-16-10-14-13(3)17-19(5)15(14)20-9-8-18(4)12(2)11-20/h12,16H,6-11H2,1-5H3. The highest BCUT2D eigenvalue weighted by atomic mass is 15.4. The number of aryl methyl sites for hydroxylation is 2. The summed E-state index contributed by atoms with van der Waals surface area (Å²) in [5.41, 5.74) is 2.51. The summed E-state index contributed by atoms with van der Waals surface area (Å²) in [5, 5.41) is 8.14. The quantitative estimate of drug-likeness (QED) is 0.826. The molecule has 5 nitrogen and oxygen atoms in total. The van der Waals surface area contributed by atoms with Crippen LogP contribution in [0.2, 0.25) is 0 Å². The molecule has 1 aromatic heterocycles. The first-order valence-electron chi connectivity index (χ1n) is 7.73. The molecule has 0 spiro atoms. The molecule has 0 amide bonds. The maximum atomic E-state index is 4.63. The van der Waals surface area contributed by atoms with Crippen LogP contribution in [0.4, 0.5) is 5.82 Å². The molecule has 0 bridgehead atoms. The lowest BCUT2D eigenvalue weighted by atomic mass is 10.1. The van der Waals surface area contributed by atoms with Gasteiger partial charge in [-0.05, 0) is 33.9 Å². The fourth-order valence-corrected chi connectivity index (χ4v) is 2.92. The van der Waals surface area contributed by atoms with Crippen LogP contribution < -0.4 is 10.2 Å². The number of likely N-dealkylation sites (N-methyl/N-ethyl adjacent to an activating group) is 1. The van der Waals surface area contributed by atoms with Gasteiger partial charge in [0.15, 0.2) is 0 Å². The van der Waals surface area contributed by atoms with Gasteiger partial charge in [-0.15, -0.1) is 0 Å². The number of piperazine rings is 1. The maximum absolute atomic E-state index is 4.63. The molecule has 0 radical (unpaired) electrons. The summed E-state index contributed by atoms with van der Waals surface area (Å²) in [4.78, 5) is 4.92. The van der Waals surface area contributed by atoms with Crippen LogP contribution in [0.5, 0.6) is 0 Å². The lowest BCUT2D eigenvalue weighted by Gasteiger charge is -2.39. The van der Waals surface area contributed by atoms with Crippen molar-refractivity contribution in [3.05, 3.63) is 11.3 Å². The van der Waals surface area contributed by atoms with Gasteiger partial charge in [0, 0.05) is 44.8 Å². The van der Waals surface area contributed by atoms with Gasteiger partial charge in [0.25, 0.3) is 0 Å². The number of hydrogen-bond acceptors (Lipinski definition) is 4. The van der Waals surface area contributed by atoms with E-state index in [2.05, 4.69) is 59.8 Å². The van der Waals surface area contributed by atoms with E-state index < -0.39 is 0 Å². The lowest BCUT2D eigenvalue weighted by molar-refractivity contribution is 0.232. The van der Waals surface area contributed by atoms with Crippen LogP contribution >= 0.6 is 0 Å². The van der Waals surface area contributed by atoms with Crippen LogP contribution in [0, 0.1) is 6.92 Å². The topological polar surface area (TPSA) is 36.3 Å². The van der Waals surface area contributed by atoms with Crippen molar-refractivity contribution in [1.29, 1.82) is 0 Å². The van der Waals surface area contributed by atoms with Gasteiger partial charge in [0.1, 0.15) is 5.82 Å². The normalized spacial score (nSPS) is 20.6. The molecule has 2 heterocycles. The van der Waals surface area contributed by atoms with E-state index in [1.807, 2.05) is 0 Å². The third-order valence-corrected chi connectivity index (χ3v) is 4.30. The Morgan fingerprint density at radius 1 is 1.30 bits per heavy atom. The predicted octanol–water partition coefficient (Wildman–Crippen LogP) is 1.37. The molecular weight excluding hydrogens is 250 g/mol. The Morgan fingerprint density at radius 2 is 2.05 bits per heavy atom. The number of hydrogen-bond donors (Lipinski definition) is 1. The van der Waals surface area contributed by atoms with Crippen LogP contribution in [-0.2, 0) is 13.6 Å². The highest BCUT2D eigenvalue weighted by molar-refractivity contribution is 5.50. The Bertz CT molecular complexity index is 440. The zero-order valence-electron chi connectivity index (χ0n) is 13.6. The summed E-state index contributed by atoms with van der Waals surface area (Å²) in [5.74, 6) is 1.30. The monoisotopic (exact) mass is 279 g/mol. The van der Waals surface area contributed by atoms with Crippen molar-refractivity contribution in [2.45, 2.75) is 39.8 Å².